The number of rotatable bonds is 8. The molecule has 0 unspecified atom stereocenters. The van der Waals surface area contributed by atoms with Gasteiger partial charge in [-0.15, -0.1) is 0 Å². The Labute approximate surface area is 91.9 Å². The Balaban J connectivity index is 3.29. The predicted octanol–water partition coefficient (Wildman–Crippen LogP) is 5.43. The van der Waals surface area contributed by atoms with Crippen molar-refractivity contribution in [2.45, 2.75) is 65.2 Å². The highest BCUT2D eigenvalue weighted by Crippen LogP contribution is 2.16. The van der Waals surface area contributed by atoms with E-state index in [0.717, 1.165) is 0 Å². The maximum atomic E-state index is 3.62. The molecule has 0 radical (unpaired) electrons. The average Bonchev–Trinajstić information content (AvgIpc) is 2.13. The zero-order valence-corrected chi connectivity index (χ0v) is 10.7. The first-order valence-electron chi connectivity index (χ1n) is 5.65. The molecule has 0 aromatic carbocycles. The molecule has 0 spiro atoms. The number of hydrogen-bond donors (Lipinski definition) is 0. The quantitative estimate of drug-likeness (QED) is 0.502. The Morgan fingerprint density at radius 1 is 1.00 bits per heavy atom. The van der Waals surface area contributed by atoms with E-state index >= 15 is 0 Å². The summed E-state index contributed by atoms with van der Waals surface area (Å²) < 4.78 is 1.41. The van der Waals surface area contributed by atoms with Crippen LogP contribution in [-0.4, -0.2) is 0 Å². The summed E-state index contributed by atoms with van der Waals surface area (Å²) in [5, 5.41) is 0. The summed E-state index contributed by atoms with van der Waals surface area (Å²) in [6.45, 7) is 4.50. The molecular formula is C12H23Br. The van der Waals surface area contributed by atoms with Crippen molar-refractivity contribution in [2.75, 3.05) is 0 Å². The van der Waals surface area contributed by atoms with Crippen molar-refractivity contribution >= 4 is 15.9 Å². The van der Waals surface area contributed by atoms with Crippen molar-refractivity contribution in [3.8, 4) is 0 Å². The van der Waals surface area contributed by atoms with E-state index in [1.54, 1.807) is 0 Å². The number of halogens is 1. The van der Waals surface area contributed by atoms with Crippen molar-refractivity contribution in [2.24, 2.45) is 0 Å². The fourth-order valence-electron chi connectivity index (χ4n) is 1.30. The normalized spacial score (nSPS) is 12.1. The highest BCUT2D eigenvalue weighted by Gasteiger charge is 1.91. The SMILES string of the molecule is CCCCC/C=C(/Br)CCCCC. The van der Waals surface area contributed by atoms with Gasteiger partial charge >= 0.3 is 0 Å². The van der Waals surface area contributed by atoms with Crippen LogP contribution in [0.3, 0.4) is 0 Å². The lowest BCUT2D eigenvalue weighted by atomic mass is 10.1. The standard InChI is InChI=1S/C12H23Br/c1-3-5-7-9-11-12(13)10-8-6-4-2/h11H,3-10H2,1-2H3/b12-11+. The predicted molar refractivity (Wildman–Crippen MR) is 65.3 cm³/mol. The fourth-order valence-corrected chi connectivity index (χ4v) is 1.81. The third-order valence-electron chi connectivity index (χ3n) is 2.19. The van der Waals surface area contributed by atoms with Crippen molar-refractivity contribution < 1.29 is 0 Å². The minimum atomic E-state index is 1.24. The van der Waals surface area contributed by atoms with Crippen LogP contribution in [0.4, 0.5) is 0 Å². The maximum absolute atomic E-state index is 3.62. The summed E-state index contributed by atoms with van der Waals surface area (Å²) in [5.74, 6) is 0. The van der Waals surface area contributed by atoms with Gasteiger partial charge in [0.2, 0.25) is 0 Å². The zero-order chi connectivity index (χ0) is 9.94. The van der Waals surface area contributed by atoms with Gasteiger partial charge in [0.25, 0.3) is 0 Å². The minimum absolute atomic E-state index is 1.24. The lowest BCUT2D eigenvalue weighted by Crippen LogP contribution is -1.77. The summed E-state index contributed by atoms with van der Waals surface area (Å²) in [4.78, 5) is 0. The molecule has 0 aliphatic rings. The van der Waals surface area contributed by atoms with Crippen LogP contribution in [-0.2, 0) is 0 Å². The molecule has 0 N–H and O–H groups in total. The van der Waals surface area contributed by atoms with Crippen LogP contribution in [0.25, 0.3) is 0 Å². The van der Waals surface area contributed by atoms with Crippen molar-refractivity contribution in [3.05, 3.63) is 10.6 Å². The molecule has 0 saturated carbocycles. The molecule has 78 valence electrons. The Bertz CT molecular complexity index is 127. The van der Waals surface area contributed by atoms with E-state index in [2.05, 4.69) is 35.9 Å². The third kappa shape index (κ3) is 10.1. The Morgan fingerprint density at radius 2 is 1.62 bits per heavy atom. The Morgan fingerprint density at radius 3 is 2.23 bits per heavy atom. The van der Waals surface area contributed by atoms with Crippen LogP contribution in [0, 0.1) is 0 Å². The molecule has 0 aliphatic heterocycles. The highest BCUT2D eigenvalue weighted by atomic mass is 79.9. The van der Waals surface area contributed by atoms with E-state index in [4.69, 9.17) is 0 Å². The second-order valence-corrected chi connectivity index (χ2v) is 4.62. The zero-order valence-electron chi connectivity index (χ0n) is 9.11. The molecule has 0 rings (SSSR count). The van der Waals surface area contributed by atoms with Gasteiger partial charge in [-0.25, -0.2) is 0 Å². The summed E-state index contributed by atoms with van der Waals surface area (Å²) in [6.07, 6.45) is 12.9. The van der Waals surface area contributed by atoms with Gasteiger partial charge in [0.15, 0.2) is 0 Å². The molecule has 1 heteroatoms. The monoisotopic (exact) mass is 246 g/mol. The Kier molecular flexibility index (Phi) is 10.5. The fraction of sp³-hybridized carbons (Fsp3) is 0.833. The van der Waals surface area contributed by atoms with E-state index in [0.29, 0.717) is 0 Å². The summed E-state index contributed by atoms with van der Waals surface area (Å²) in [6, 6.07) is 0. The lowest BCUT2D eigenvalue weighted by molar-refractivity contribution is 0.713. The second-order valence-electron chi connectivity index (χ2n) is 3.60. The van der Waals surface area contributed by atoms with Gasteiger partial charge in [-0.2, -0.15) is 0 Å². The number of allylic oxidation sites excluding steroid dienone is 2. The summed E-state index contributed by atoms with van der Waals surface area (Å²) in [5.41, 5.74) is 0. The van der Waals surface area contributed by atoms with E-state index in [9.17, 15) is 0 Å². The highest BCUT2D eigenvalue weighted by molar-refractivity contribution is 9.11. The number of unbranched alkanes of at least 4 members (excludes halogenated alkanes) is 5. The molecule has 0 atom stereocenters. The first-order valence-corrected chi connectivity index (χ1v) is 6.45. The second kappa shape index (κ2) is 10.3. The van der Waals surface area contributed by atoms with Crippen molar-refractivity contribution in [3.63, 3.8) is 0 Å². The van der Waals surface area contributed by atoms with Crippen molar-refractivity contribution in [1.82, 2.24) is 0 Å². The average molecular weight is 247 g/mol. The first kappa shape index (κ1) is 13.2. The molecule has 0 aromatic rings. The molecule has 0 amide bonds. The molecule has 0 aromatic heterocycles. The maximum Gasteiger partial charge on any atom is -0.00892 e. The molecular weight excluding hydrogens is 224 g/mol. The van der Waals surface area contributed by atoms with Crippen LogP contribution in [0.1, 0.15) is 65.2 Å². The molecule has 0 fully saturated rings. The molecule has 0 heterocycles. The van der Waals surface area contributed by atoms with E-state index in [-0.39, 0.29) is 0 Å². The van der Waals surface area contributed by atoms with E-state index < -0.39 is 0 Å². The molecule has 0 saturated heterocycles. The van der Waals surface area contributed by atoms with E-state index in [1.165, 1.54) is 55.8 Å². The topological polar surface area (TPSA) is 0 Å². The van der Waals surface area contributed by atoms with Crippen molar-refractivity contribution in [1.29, 1.82) is 0 Å². The van der Waals surface area contributed by atoms with Crippen LogP contribution < -0.4 is 0 Å². The molecule has 0 bridgehead atoms. The van der Waals surface area contributed by atoms with Crippen LogP contribution in [0.5, 0.6) is 0 Å². The summed E-state index contributed by atoms with van der Waals surface area (Å²) in [7, 11) is 0. The van der Waals surface area contributed by atoms with Gasteiger partial charge in [-0.1, -0.05) is 61.5 Å². The first-order chi connectivity index (χ1) is 6.31. The molecule has 0 nitrogen and oxygen atoms in total. The van der Waals surface area contributed by atoms with Gasteiger partial charge in [-0.05, 0) is 30.2 Å². The lowest BCUT2D eigenvalue weighted by Gasteiger charge is -1.98. The van der Waals surface area contributed by atoms with E-state index in [1.807, 2.05) is 0 Å². The largest absolute Gasteiger partial charge is 0.0744 e. The molecule has 13 heavy (non-hydrogen) atoms. The van der Waals surface area contributed by atoms with Gasteiger partial charge < -0.3 is 0 Å². The van der Waals surface area contributed by atoms with Crippen LogP contribution in [0.2, 0.25) is 0 Å². The summed E-state index contributed by atoms with van der Waals surface area (Å²) >= 11 is 3.62. The molecule has 0 aliphatic carbocycles. The smallest absolute Gasteiger partial charge is 0.00892 e. The third-order valence-corrected chi connectivity index (χ3v) is 2.91. The number of hydrogen-bond acceptors (Lipinski definition) is 0. The van der Waals surface area contributed by atoms with Gasteiger partial charge in [0, 0.05) is 0 Å². The van der Waals surface area contributed by atoms with Gasteiger partial charge in [0.05, 0.1) is 0 Å². The Hall–Kier alpha value is 0.220. The van der Waals surface area contributed by atoms with Gasteiger partial charge in [0.1, 0.15) is 0 Å². The minimum Gasteiger partial charge on any atom is -0.0744 e. The van der Waals surface area contributed by atoms with Gasteiger partial charge in [-0.3, -0.25) is 0 Å². The van der Waals surface area contributed by atoms with Crippen LogP contribution in [0.15, 0.2) is 10.6 Å². The van der Waals surface area contributed by atoms with Crippen LogP contribution >= 0.6 is 15.9 Å².